The zero-order chi connectivity index (χ0) is 20.1. The molecule has 1 amide bonds. The van der Waals surface area contributed by atoms with E-state index in [-0.39, 0.29) is 16.3 Å². The molecule has 0 spiro atoms. The molecule has 0 aliphatic rings. The fourth-order valence-electron chi connectivity index (χ4n) is 2.51. The van der Waals surface area contributed by atoms with Crippen molar-refractivity contribution < 1.29 is 9.18 Å². The number of nitrogens with zero attached hydrogens (tertiary/aromatic N) is 5. The van der Waals surface area contributed by atoms with Crippen LogP contribution in [-0.2, 0) is 11.2 Å². The first-order valence-electron chi connectivity index (χ1n) is 7.95. The van der Waals surface area contributed by atoms with Crippen LogP contribution in [0.2, 0.25) is 0 Å². The Morgan fingerprint density at radius 3 is 2.44 bits per heavy atom. The summed E-state index contributed by atoms with van der Waals surface area (Å²) in [4.78, 5) is 22.0. The van der Waals surface area contributed by atoms with Gasteiger partial charge >= 0.3 is 0 Å². The number of hydrogen-bond donors (Lipinski definition) is 1. The molecule has 138 valence electrons. The summed E-state index contributed by atoms with van der Waals surface area (Å²) < 4.78 is 13.1. The molecule has 0 bridgehead atoms. The summed E-state index contributed by atoms with van der Waals surface area (Å²) in [6.07, 6.45) is 1.44. The van der Waals surface area contributed by atoms with E-state index < -0.39 is 17.0 Å². The van der Waals surface area contributed by atoms with Gasteiger partial charge in [0.15, 0.2) is 0 Å². The van der Waals surface area contributed by atoms with Crippen molar-refractivity contribution in [3.63, 3.8) is 0 Å². The molecule has 2 heterocycles. The highest BCUT2D eigenvalue weighted by Crippen LogP contribution is 2.38. The smallest absolute Gasteiger partial charge is 0.237 e. The quantitative estimate of drug-likeness (QED) is 0.759. The molecular formula is C18H17FN6OS. The van der Waals surface area contributed by atoms with Crippen LogP contribution in [0.5, 0.6) is 0 Å². The molecule has 0 radical (unpaired) electrons. The minimum absolute atomic E-state index is 0.220. The number of amides is 1. The number of thioether (sulfide) groups is 1. The first-order chi connectivity index (χ1) is 12.8. The van der Waals surface area contributed by atoms with Crippen molar-refractivity contribution in [2.75, 3.05) is 19.0 Å². The third-order valence-electron chi connectivity index (χ3n) is 3.76. The average Bonchev–Trinajstić information content (AvgIpc) is 2.65. The van der Waals surface area contributed by atoms with Gasteiger partial charge in [-0.1, -0.05) is 18.7 Å². The number of rotatable bonds is 6. The zero-order valence-corrected chi connectivity index (χ0v) is 15.8. The molecule has 2 aromatic heterocycles. The Kier molecular flexibility index (Phi) is 6.32. The number of nitrogens with two attached hydrogens (primary N) is 1. The van der Waals surface area contributed by atoms with Crippen LogP contribution in [0.1, 0.15) is 34.6 Å². The summed E-state index contributed by atoms with van der Waals surface area (Å²) in [5.74, 6) is -0.839. The second kappa shape index (κ2) is 8.47. The number of primary amides is 1. The number of nitriles is 2. The molecular weight excluding hydrogens is 367 g/mol. The van der Waals surface area contributed by atoms with Gasteiger partial charge in [0.2, 0.25) is 5.91 Å². The predicted octanol–water partition coefficient (Wildman–Crippen LogP) is 2.31. The lowest BCUT2D eigenvalue weighted by Gasteiger charge is -2.20. The van der Waals surface area contributed by atoms with Gasteiger partial charge in [0.25, 0.3) is 0 Å². The first kappa shape index (κ1) is 20.1. The average molecular weight is 384 g/mol. The molecule has 0 aromatic carbocycles. The fraction of sp³-hybridized carbons (Fsp3) is 0.278. The van der Waals surface area contributed by atoms with E-state index in [1.807, 2.05) is 6.92 Å². The summed E-state index contributed by atoms with van der Waals surface area (Å²) in [6, 6.07) is 6.72. The lowest BCUT2D eigenvalue weighted by Crippen LogP contribution is -2.21. The van der Waals surface area contributed by atoms with Gasteiger partial charge in [-0.05, 0) is 24.1 Å². The molecule has 2 rings (SSSR count). The molecule has 1 atom stereocenters. The molecule has 7 nitrogen and oxygen atoms in total. The fourth-order valence-corrected chi connectivity index (χ4v) is 3.54. The van der Waals surface area contributed by atoms with Gasteiger partial charge in [0.1, 0.15) is 34.0 Å². The highest BCUT2D eigenvalue weighted by atomic mass is 32.2. The van der Waals surface area contributed by atoms with Crippen LogP contribution in [0, 0.1) is 28.5 Å². The SMILES string of the molecule is CCc1c(C#N)c(SC(C(N)=O)c2ccc(F)cn2)nc(N(C)C)c1C#N. The topological polar surface area (TPSA) is 120 Å². The monoisotopic (exact) mass is 384 g/mol. The molecule has 2 N–H and O–H groups in total. The van der Waals surface area contributed by atoms with Crippen LogP contribution >= 0.6 is 11.8 Å². The third-order valence-corrected chi connectivity index (χ3v) is 4.98. The lowest BCUT2D eigenvalue weighted by atomic mass is 10.0. The molecule has 0 saturated carbocycles. The van der Waals surface area contributed by atoms with E-state index in [0.717, 1.165) is 18.0 Å². The van der Waals surface area contributed by atoms with Crippen molar-refractivity contribution >= 4 is 23.5 Å². The van der Waals surface area contributed by atoms with Crippen LogP contribution in [0.4, 0.5) is 10.2 Å². The number of carbonyl (C=O) groups excluding carboxylic acids is 1. The standard InChI is InChI=1S/C18H17FN6OS/c1-4-11-12(7-20)17(25(2)3)24-18(13(11)8-21)27-15(16(22)26)14-6-5-10(19)9-23-14/h5-6,9,15H,4H2,1-3H3,(H2,22,26). The highest BCUT2D eigenvalue weighted by Gasteiger charge is 2.27. The zero-order valence-electron chi connectivity index (χ0n) is 15.0. The predicted molar refractivity (Wildman–Crippen MR) is 99.4 cm³/mol. The summed E-state index contributed by atoms with van der Waals surface area (Å²) in [7, 11) is 3.46. The second-order valence-electron chi connectivity index (χ2n) is 5.74. The third kappa shape index (κ3) is 4.15. The van der Waals surface area contributed by atoms with Gasteiger partial charge in [-0.15, -0.1) is 0 Å². The maximum atomic E-state index is 13.1. The highest BCUT2D eigenvalue weighted by molar-refractivity contribution is 8.00. The number of carbonyl (C=O) groups is 1. The van der Waals surface area contributed by atoms with Gasteiger partial charge in [-0.25, -0.2) is 9.37 Å². The van der Waals surface area contributed by atoms with Gasteiger partial charge in [-0.2, -0.15) is 10.5 Å². The van der Waals surface area contributed by atoms with E-state index in [1.165, 1.54) is 12.1 Å². The van der Waals surface area contributed by atoms with Crippen molar-refractivity contribution in [3.05, 3.63) is 46.5 Å². The molecule has 1 unspecified atom stereocenters. The normalized spacial score (nSPS) is 11.3. The minimum atomic E-state index is -0.960. The Labute approximate surface area is 160 Å². The van der Waals surface area contributed by atoms with Crippen LogP contribution in [0.3, 0.4) is 0 Å². The van der Waals surface area contributed by atoms with Gasteiger partial charge in [0, 0.05) is 14.1 Å². The minimum Gasteiger partial charge on any atom is -0.368 e. The van der Waals surface area contributed by atoms with Crippen molar-refractivity contribution in [1.82, 2.24) is 9.97 Å². The van der Waals surface area contributed by atoms with E-state index >= 15 is 0 Å². The molecule has 9 heteroatoms. The molecule has 0 aliphatic carbocycles. The Morgan fingerprint density at radius 2 is 2.00 bits per heavy atom. The van der Waals surface area contributed by atoms with E-state index in [0.29, 0.717) is 23.4 Å². The molecule has 0 fully saturated rings. The van der Waals surface area contributed by atoms with E-state index in [2.05, 4.69) is 22.1 Å². The van der Waals surface area contributed by atoms with Crippen molar-refractivity contribution in [1.29, 1.82) is 10.5 Å². The largest absolute Gasteiger partial charge is 0.368 e. The summed E-state index contributed by atoms with van der Waals surface area (Å²) in [6.45, 7) is 1.83. The second-order valence-corrected chi connectivity index (χ2v) is 6.84. The maximum Gasteiger partial charge on any atom is 0.237 e. The summed E-state index contributed by atoms with van der Waals surface area (Å²) >= 11 is 0.958. The Balaban J connectivity index is 2.64. The van der Waals surface area contributed by atoms with Crippen LogP contribution in [-0.4, -0.2) is 30.0 Å². The lowest BCUT2D eigenvalue weighted by molar-refractivity contribution is -0.117. The van der Waals surface area contributed by atoms with Crippen molar-refractivity contribution in [2.45, 2.75) is 23.6 Å². The molecule has 27 heavy (non-hydrogen) atoms. The van der Waals surface area contributed by atoms with Crippen molar-refractivity contribution in [3.8, 4) is 12.1 Å². The van der Waals surface area contributed by atoms with E-state index in [4.69, 9.17) is 5.73 Å². The molecule has 0 aliphatic heterocycles. The van der Waals surface area contributed by atoms with Gasteiger partial charge in [-0.3, -0.25) is 9.78 Å². The first-order valence-corrected chi connectivity index (χ1v) is 8.83. The Hall–Kier alpha value is -3.17. The van der Waals surface area contributed by atoms with E-state index in [9.17, 15) is 19.7 Å². The maximum absolute atomic E-state index is 13.1. The van der Waals surface area contributed by atoms with Crippen LogP contribution in [0.25, 0.3) is 0 Å². The van der Waals surface area contributed by atoms with Crippen LogP contribution < -0.4 is 10.6 Å². The van der Waals surface area contributed by atoms with E-state index in [1.54, 1.807) is 19.0 Å². The van der Waals surface area contributed by atoms with Crippen molar-refractivity contribution in [2.24, 2.45) is 5.73 Å². The Morgan fingerprint density at radius 1 is 1.33 bits per heavy atom. The summed E-state index contributed by atoms with van der Waals surface area (Å²) in [5.41, 5.74) is 6.85. The summed E-state index contributed by atoms with van der Waals surface area (Å²) in [5, 5.41) is 18.5. The molecule has 2 aromatic rings. The number of aromatic nitrogens is 2. The van der Waals surface area contributed by atoms with Gasteiger partial charge in [0.05, 0.1) is 23.0 Å². The number of pyridine rings is 2. The van der Waals surface area contributed by atoms with Gasteiger partial charge < -0.3 is 10.6 Å². The number of anilines is 1. The number of halogens is 1. The Bertz CT molecular complexity index is 946. The molecule has 0 saturated heterocycles. The van der Waals surface area contributed by atoms with Crippen LogP contribution in [0.15, 0.2) is 23.4 Å². The number of hydrogen-bond acceptors (Lipinski definition) is 7.